The zero-order chi connectivity index (χ0) is 24.3. The van der Waals surface area contributed by atoms with Crippen LogP contribution in [0.4, 0.5) is 8.78 Å². The molecular formula is C25H27F2N7O. The Balaban J connectivity index is 1.37. The van der Waals surface area contributed by atoms with Crippen molar-refractivity contribution in [3.63, 3.8) is 0 Å². The Hall–Kier alpha value is -3.40. The van der Waals surface area contributed by atoms with E-state index in [9.17, 15) is 13.6 Å². The molecule has 2 aliphatic rings. The van der Waals surface area contributed by atoms with Crippen molar-refractivity contribution in [3.8, 4) is 5.69 Å². The highest BCUT2D eigenvalue weighted by atomic mass is 19.1. The van der Waals surface area contributed by atoms with Crippen molar-refractivity contribution in [2.45, 2.75) is 70.0 Å². The SMILES string of the molecule is C[C@@H]1CC(n2nc(C3CC3)c3c(=O)[nH]c(Cc4cnn(-c5cc(F)cc(F)c5)c4)nc32)C[C@H](C)N1. The third-order valence-corrected chi connectivity index (χ3v) is 6.89. The molecule has 182 valence electrons. The molecule has 8 nitrogen and oxygen atoms in total. The van der Waals surface area contributed by atoms with Crippen LogP contribution in [0.1, 0.15) is 68.6 Å². The molecule has 3 aromatic heterocycles. The summed E-state index contributed by atoms with van der Waals surface area (Å²) in [5, 5.41) is 13.3. The van der Waals surface area contributed by atoms with Crippen LogP contribution in [0.15, 0.2) is 35.4 Å². The van der Waals surface area contributed by atoms with Gasteiger partial charge >= 0.3 is 0 Å². The Morgan fingerprint density at radius 2 is 1.80 bits per heavy atom. The number of piperidine rings is 1. The molecule has 35 heavy (non-hydrogen) atoms. The molecule has 4 aromatic rings. The molecule has 1 saturated heterocycles. The highest BCUT2D eigenvalue weighted by Crippen LogP contribution is 2.42. The Morgan fingerprint density at radius 1 is 1.09 bits per heavy atom. The number of fused-ring (bicyclic) bond motifs is 1. The molecule has 6 rings (SSSR count). The van der Waals surface area contributed by atoms with Crippen molar-refractivity contribution < 1.29 is 8.78 Å². The van der Waals surface area contributed by atoms with E-state index in [4.69, 9.17) is 10.1 Å². The van der Waals surface area contributed by atoms with E-state index in [2.05, 4.69) is 29.2 Å². The van der Waals surface area contributed by atoms with Crippen molar-refractivity contribution in [1.82, 2.24) is 34.8 Å². The minimum absolute atomic E-state index is 0.170. The van der Waals surface area contributed by atoms with Gasteiger partial charge in [-0.15, -0.1) is 0 Å². The quantitative estimate of drug-likeness (QED) is 0.455. The Bertz CT molecular complexity index is 1440. The van der Waals surface area contributed by atoms with E-state index in [1.165, 1.54) is 16.8 Å². The number of H-pyrrole nitrogens is 1. The Labute approximate surface area is 200 Å². The Morgan fingerprint density at radius 3 is 2.49 bits per heavy atom. The molecule has 0 amide bonds. The fourth-order valence-electron chi connectivity index (χ4n) is 5.29. The van der Waals surface area contributed by atoms with Gasteiger partial charge in [0.1, 0.15) is 22.8 Å². The first-order valence-electron chi connectivity index (χ1n) is 12.1. The lowest BCUT2D eigenvalue weighted by molar-refractivity contribution is 0.253. The summed E-state index contributed by atoms with van der Waals surface area (Å²) in [4.78, 5) is 21.0. The number of nitrogens with zero attached hydrogens (tertiary/aromatic N) is 5. The van der Waals surface area contributed by atoms with Gasteiger partial charge in [0.15, 0.2) is 5.65 Å². The number of aromatic amines is 1. The lowest BCUT2D eigenvalue weighted by Gasteiger charge is -2.33. The van der Waals surface area contributed by atoms with Gasteiger partial charge < -0.3 is 10.3 Å². The highest BCUT2D eigenvalue weighted by molar-refractivity contribution is 5.78. The summed E-state index contributed by atoms with van der Waals surface area (Å²) in [7, 11) is 0. The average molecular weight is 480 g/mol. The van der Waals surface area contributed by atoms with Crippen molar-refractivity contribution in [1.29, 1.82) is 0 Å². The zero-order valence-electron chi connectivity index (χ0n) is 19.6. The second-order valence-corrected chi connectivity index (χ2v) is 10.0. The van der Waals surface area contributed by atoms with Gasteiger partial charge in [-0.2, -0.15) is 10.2 Å². The first kappa shape index (κ1) is 22.1. The summed E-state index contributed by atoms with van der Waals surface area (Å²) >= 11 is 0. The molecule has 10 heteroatoms. The third kappa shape index (κ3) is 4.27. The molecule has 0 spiro atoms. The normalized spacial score (nSPS) is 22.7. The van der Waals surface area contributed by atoms with Crippen LogP contribution in [0.3, 0.4) is 0 Å². The van der Waals surface area contributed by atoms with Gasteiger partial charge in [-0.05, 0) is 57.2 Å². The second kappa shape index (κ2) is 8.37. The smallest absolute Gasteiger partial charge is 0.262 e. The number of nitrogens with one attached hydrogen (secondary N) is 2. The third-order valence-electron chi connectivity index (χ3n) is 6.89. The van der Waals surface area contributed by atoms with Crippen LogP contribution < -0.4 is 10.9 Å². The summed E-state index contributed by atoms with van der Waals surface area (Å²) in [5.41, 5.74) is 2.37. The molecule has 0 bridgehead atoms. The minimum atomic E-state index is -0.672. The minimum Gasteiger partial charge on any atom is -0.312 e. The van der Waals surface area contributed by atoms with Crippen molar-refractivity contribution >= 4 is 11.0 Å². The second-order valence-electron chi connectivity index (χ2n) is 10.0. The number of aromatic nitrogens is 6. The predicted octanol–water partition coefficient (Wildman–Crippen LogP) is 3.75. The topological polar surface area (TPSA) is 93.4 Å². The predicted molar refractivity (Wildman–Crippen MR) is 127 cm³/mol. The van der Waals surface area contributed by atoms with Crippen LogP contribution in [0.2, 0.25) is 0 Å². The van der Waals surface area contributed by atoms with E-state index in [1.807, 2.05) is 4.68 Å². The summed E-state index contributed by atoms with van der Waals surface area (Å²) in [6.45, 7) is 4.34. The molecular weight excluding hydrogens is 452 g/mol. The van der Waals surface area contributed by atoms with E-state index < -0.39 is 11.6 Å². The molecule has 3 atom stereocenters. The van der Waals surface area contributed by atoms with E-state index >= 15 is 0 Å². The number of benzene rings is 1. The van der Waals surface area contributed by atoms with Crippen LogP contribution >= 0.6 is 0 Å². The van der Waals surface area contributed by atoms with Gasteiger partial charge in [-0.25, -0.2) is 23.1 Å². The average Bonchev–Trinajstić information content (AvgIpc) is 3.39. The molecule has 2 fully saturated rings. The van der Waals surface area contributed by atoms with Crippen LogP contribution in [0.25, 0.3) is 16.7 Å². The maximum Gasteiger partial charge on any atom is 0.262 e. The van der Waals surface area contributed by atoms with E-state index in [-0.39, 0.29) is 17.3 Å². The zero-order valence-corrected chi connectivity index (χ0v) is 19.6. The summed E-state index contributed by atoms with van der Waals surface area (Å²) in [6, 6.07) is 4.13. The standard InChI is InChI=1S/C25H27F2N7O/c1-13-5-20(6-14(2)29-13)34-24-22(23(32-34)16-3-4-16)25(35)31-21(30-24)7-15-11-28-33(12-15)19-9-17(26)8-18(27)10-19/h8-14,16,20,29H,3-7H2,1-2H3,(H,30,31,35)/t13-,14+,20?. The van der Waals surface area contributed by atoms with Crippen molar-refractivity contribution in [3.05, 3.63) is 69.7 Å². The van der Waals surface area contributed by atoms with Gasteiger partial charge in [0.25, 0.3) is 5.56 Å². The molecule has 1 aliphatic carbocycles. The lowest BCUT2D eigenvalue weighted by Crippen LogP contribution is -2.43. The van der Waals surface area contributed by atoms with Crippen LogP contribution in [-0.4, -0.2) is 41.6 Å². The van der Waals surface area contributed by atoms with Crippen LogP contribution in [0.5, 0.6) is 0 Å². The molecule has 1 aliphatic heterocycles. The van der Waals surface area contributed by atoms with E-state index in [0.29, 0.717) is 41.3 Å². The summed E-state index contributed by atoms with van der Waals surface area (Å²) in [5.74, 6) is -0.510. The first-order valence-corrected chi connectivity index (χ1v) is 12.1. The maximum absolute atomic E-state index is 13.6. The van der Waals surface area contributed by atoms with Crippen molar-refractivity contribution in [2.75, 3.05) is 0 Å². The van der Waals surface area contributed by atoms with E-state index in [0.717, 1.165) is 43.0 Å². The molecule has 2 N–H and O–H groups in total. The number of rotatable bonds is 5. The molecule has 0 radical (unpaired) electrons. The Kier molecular flexibility index (Phi) is 5.28. The van der Waals surface area contributed by atoms with Crippen molar-refractivity contribution in [2.24, 2.45) is 0 Å². The molecule has 4 heterocycles. The number of hydrogen-bond donors (Lipinski definition) is 2. The van der Waals surface area contributed by atoms with Gasteiger partial charge in [0, 0.05) is 36.7 Å². The first-order chi connectivity index (χ1) is 16.8. The van der Waals surface area contributed by atoms with E-state index in [1.54, 1.807) is 12.4 Å². The van der Waals surface area contributed by atoms with Gasteiger partial charge in [-0.3, -0.25) is 4.79 Å². The molecule has 1 unspecified atom stereocenters. The van der Waals surface area contributed by atoms with Gasteiger partial charge in [-0.1, -0.05) is 0 Å². The van der Waals surface area contributed by atoms with Gasteiger partial charge in [0.2, 0.25) is 0 Å². The summed E-state index contributed by atoms with van der Waals surface area (Å²) < 4.78 is 30.6. The maximum atomic E-state index is 13.6. The summed E-state index contributed by atoms with van der Waals surface area (Å²) in [6.07, 6.45) is 7.56. The molecule has 1 aromatic carbocycles. The highest BCUT2D eigenvalue weighted by Gasteiger charge is 2.34. The van der Waals surface area contributed by atoms with Crippen LogP contribution in [0, 0.1) is 11.6 Å². The monoisotopic (exact) mass is 479 g/mol. The fraction of sp³-hybridized carbons (Fsp3) is 0.440. The number of halogens is 2. The lowest BCUT2D eigenvalue weighted by atomic mass is 9.95. The number of hydrogen-bond acceptors (Lipinski definition) is 5. The van der Waals surface area contributed by atoms with Crippen LogP contribution in [-0.2, 0) is 6.42 Å². The largest absolute Gasteiger partial charge is 0.312 e. The fourth-order valence-corrected chi connectivity index (χ4v) is 5.29. The molecule has 1 saturated carbocycles. The van der Waals surface area contributed by atoms with Gasteiger partial charge in [0.05, 0.1) is 23.6 Å².